The molecule has 1 saturated heterocycles. The molecule has 0 aromatic heterocycles. The van der Waals surface area contributed by atoms with E-state index in [4.69, 9.17) is 23.2 Å². The van der Waals surface area contributed by atoms with Gasteiger partial charge in [-0.2, -0.15) is 0 Å². The summed E-state index contributed by atoms with van der Waals surface area (Å²) in [4.78, 5) is 15.9. The summed E-state index contributed by atoms with van der Waals surface area (Å²) in [5.41, 5.74) is 1.41. The highest BCUT2D eigenvalue weighted by atomic mass is 35.5. The molecule has 1 aliphatic heterocycles. The summed E-state index contributed by atoms with van der Waals surface area (Å²) in [6, 6.07) is 12.2. The van der Waals surface area contributed by atoms with Crippen molar-refractivity contribution in [2.75, 3.05) is 36.4 Å². The summed E-state index contributed by atoms with van der Waals surface area (Å²) in [7, 11) is 0. The number of rotatable bonds is 4. The number of amides is 1. The molecule has 1 heterocycles. The third-order valence-electron chi connectivity index (χ3n) is 4.82. The van der Waals surface area contributed by atoms with Gasteiger partial charge >= 0.3 is 0 Å². The first-order chi connectivity index (χ1) is 12.5. The van der Waals surface area contributed by atoms with Crippen molar-refractivity contribution in [3.8, 4) is 5.75 Å². The normalized spacial score (nSPS) is 16.3. The van der Waals surface area contributed by atoms with Crippen LogP contribution < -0.4 is 15.1 Å². The van der Waals surface area contributed by atoms with Crippen LogP contribution >= 0.6 is 23.2 Å². The lowest BCUT2D eigenvalue weighted by Gasteiger charge is -2.36. The Balaban J connectivity index is 1.58. The molecule has 7 heteroatoms. The number of phenolic OH excluding ortho intramolecular Hbond substituents is 1. The molecule has 0 saturated carbocycles. The van der Waals surface area contributed by atoms with Crippen LogP contribution in [0.2, 0.25) is 10.0 Å². The molecule has 0 aliphatic carbocycles. The fourth-order valence-electron chi connectivity index (χ4n) is 3.22. The Labute approximate surface area is 163 Å². The van der Waals surface area contributed by atoms with Crippen LogP contribution in [0.25, 0.3) is 0 Å². The van der Waals surface area contributed by atoms with Crippen LogP contribution in [-0.2, 0) is 4.79 Å². The zero-order valence-electron chi connectivity index (χ0n) is 14.5. The lowest BCUT2D eigenvalue weighted by atomic mass is 10.2. The zero-order valence-corrected chi connectivity index (χ0v) is 16.0. The minimum absolute atomic E-state index is 0.0692. The van der Waals surface area contributed by atoms with E-state index in [1.54, 1.807) is 24.3 Å². The summed E-state index contributed by atoms with van der Waals surface area (Å²) >= 11 is 12.0. The predicted molar refractivity (Wildman–Crippen MR) is 106 cm³/mol. The molecule has 0 unspecified atom stereocenters. The number of piperazine rings is 1. The number of hydrogen-bond donors (Lipinski definition) is 3. The Kier molecular flexibility index (Phi) is 5.91. The van der Waals surface area contributed by atoms with Crippen molar-refractivity contribution in [1.82, 2.24) is 0 Å². The lowest BCUT2D eigenvalue weighted by Crippen LogP contribution is -3.19. The Bertz CT molecular complexity index is 792. The maximum Gasteiger partial charge on any atom is 0.282 e. The minimum Gasteiger partial charge on any atom is -0.506 e. The van der Waals surface area contributed by atoms with Gasteiger partial charge in [0.2, 0.25) is 0 Å². The van der Waals surface area contributed by atoms with Crippen molar-refractivity contribution in [2.24, 2.45) is 0 Å². The average Bonchev–Trinajstić information content (AvgIpc) is 2.64. The fourth-order valence-corrected chi connectivity index (χ4v) is 3.67. The molecule has 5 nitrogen and oxygen atoms in total. The number of quaternary nitrogens is 1. The van der Waals surface area contributed by atoms with E-state index in [-0.39, 0.29) is 11.9 Å². The highest BCUT2D eigenvalue weighted by Gasteiger charge is 2.30. The van der Waals surface area contributed by atoms with E-state index in [0.717, 1.165) is 31.9 Å². The Morgan fingerprint density at radius 3 is 2.54 bits per heavy atom. The molecule has 2 aromatic carbocycles. The van der Waals surface area contributed by atoms with Crippen LogP contribution in [0.5, 0.6) is 5.75 Å². The SMILES string of the molecule is C[C@@H](C(=O)Nc1ccc(Cl)cc1Cl)[NH+]1CCN(c2ccccc2O)CC1. The molecule has 138 valence electrons. The topological polar surface area (TPSA) is 57.0 Å². The van der Waals surface area contributed by atoms with E-state index in [1.807, 2.05) is 25.1 Å². The molecule has 3 N–H and O–H groups in total. The first-order valence-electron chi connectivity index (χ1n) is 8.59. The number of hydrogen-bond acceptors (Lipinski definition) is 3. The molecule has 0 bridgehead atoms. The maximum atomic E-state index is 12.6. The first kappa shape index (κ1) is 18.8. The van der Waals surface area contributed by atoms with Gasteiger partial charge < -0.3 is 20.2 Å². The average molecular weight is 395 g/mol. The van der Waals surface area contributed by atoms with Gasteiger partial charge in [-0.1, -0.05) is 35.3 Å². The van der Waals surface area contributed by atoms with Gasteiger partial charge in [0.25, 0.3) is 5.91 Å². The van der Waals surface area contributed by atoms with E-state index in [9.17, 15) is 9.90 Å². The van der Waals surface area contributed by atoms with Crippen LogP contribution in [0.1, 0.15) is 6.92 Å². The molecule has 1 aliphatic rings. The quantitative estimate of drug-likeness (QED) is 0.746. The van der Waals surface area contributed by atoms with Gasteiger partial charge in [0.1, 0.15) is 5.75 Å². The number of anilines is 2. The van der Waals surface area contributed by atoms with Gasteiger partial charge in [0.15, 0.2) is 6.04 Å². The minimum atomic E-state index is -0.201. The highest BCUT2D eigenvalue weighted by molar-refractivity contribution is 6.36. The molecular weight excluding hydrogens is 373 g/mol. The fraction of sp³-hybridized carbons (Fsp3) is 0.316. The number of halogens is 2. The smallest absolute Gasteiger partial charge is 0.282 e. The van der Waals surface area contributed by atoms with E-state index in [1.165, 1.54) is 4.90 Å². The largest absolute Gasteiger partial charge is 0.506 e. The van der Waals surface area contributed by atoms with Gasteiger partial charge in [-0.05, 0) is 37.3 Å². The number of aromatic hydroxyl groups is 1. The van der Waals surface area contributed by atoms with Crippen molar-refractivity contribution >= 4 is 40.5 Å². The van der Waals surface area contributed by atoms with E-state index < -0.39 is 0 Å². The predicted octanol–water partition coefficient (Wildman–Crippen LogP) is 2.43. The van der Waals surface area contributed by atoms with Gasteiger partial charge in [-0.15, -0.1) is 0 Å². The molecule has 0 spiro atoms. The number of nitrogens with zero attached hydrogens (tertiary/aromatic N) is 1. The third kappa shape index (κ3) is 4.23. The molecular formula is C19H22Cl2N3O2+. The molecule has 1 atom stereocenters. The van der Waals surface area contributed by atoms with Crippen molar-refractivity contribution in [2.45, 2.75) is 13.0 Å². The monoisotopic (exact) mass is 394 g/mol. The summed E-state index contributed by atoms with van der Waals surface area (Å²) in [6.07, 6.45) is 0. The first-order valence-corrected chi connectivity index (χ1v) is 9.34. The number of carbonyl (C=O) groups excluding carboxylic acids is 1. The number of benzene rings is 2. The van der Waals surface area contributed by atoms with Crippen LogP contribution in [0.15, 0.2) is 42.5 Å². The van der Waals surface area contributed by atoms with Gasteiger partial charge in [-0.3, -0.25) is 4.79 Å². The van der Waals surface area contributed by atoms with Gasteiger partial charge in [0, 0.05) is 5.02 Å². The highest BCUT2D eigenvalue weighted by Crippen LogP contribution is 2.26. The maximum absolute atomic E-state index is 12.6. The molecule has 0 radical (unpaired) electrons. The molecule has 1 fully saturated rings. The summed E-state index contributed by atoms with van der Waals surface area (Å²) in [6.45, 7) is 5.12. The van der Waals surface area contributed by atoms with Gasteiger partial charge in [0.05, 0.1) is 42.6 Å². The molecule has 26 heavy (non-hydrogen) atoms. The van der Waals surface area contributed by atoms with Crippen LogP contribution in [0, 0.1) is 0 Å². The summed E-state index contributed by atoms with van der Waals surface area (Å²) in [5, 5.41) is 13.8. The summed E-state index contributed by atoms with van der Waals surface area (Å²) in [5.74, 6) is 0.222. The Hall–Kier alpha value is -1.95. The second-order valence-corrected chi connectivity index (χ2v) is 7.31. The Morgan fingerprint density at radius 1 is 1.19 bits per heavy atom. The zero-order chi connectivity index (χ0) is 18.7. The van der Waals surface area contributed by atoms with Crippen LogP contribution in [-0.4, -0.2) is 43.2 Å². The van der Waals surface area contributed by atoms with Gasteiger partial charge in [-0.25, -0.2) is 0 Å². The molecule has 2 aromatic rings. The number of carbonyl (C=O) groups is 1. The van der Waals surface area contributed by atoms with E-state index >= 15 is 0 Å². The molecule has 1 amide bonds. The standard InChI is InChI=1S/C19H21Cl2N3O2/c1-13(19(26)22-16-7-6-14(20)12-15(16)21)23-8-10-24(11-9-23)17-4-2-3-5-18(17)25/h2-7,12-13,25H,8-11H2,1H3,(H,22,26)/p+1/t13-/m0/s1. The van der Waals surface area contributed by atoms with E-state index in [0.29, 0.717) is 21.5 Å². The molecule has 3 rings (SSSR count). The second-order valence-electron chi connectivity index (χ2n) is 6.47. The van der Waals surface area contributed by atoms with Crippen molar-refractivity contribution in [3.05, 3.63) is 52.5 Å². The van der Waals surface area contributed by atoms with Crippen molar-refractivity contribution in [1.29, 1.82) is 0 Å². The summed E-state index contributed by atoms with van der Waals surface area (Å²) < 4.78 is 0. The third-order valence-corrected chi connectivity index (χ3v) is 5.37. The number of para-hydroxylation sites is 2. The van der Waals surface area contributed by atoms with Crippen molar-refractivity contribution in [3.63, 3.8) is 0 Å². The second kappa shape index (κ2) is 8.16. The number of phenols is 1. The Morgan fingerprint density at radius 2 is 1.88 bits per heavy atom. The van der Waals surface area contributed by atoms with E-state index in [2.05, 4.69) is 10.2 Å². The number of nitrogens with one attached hydrogen (secondary N) is 2. The van der Waals surface area contributed by atoms with Crippen molar-refractivity contribution < 1.29 is 14.8 Å². The lowest BCUT2D eigenvalue weighted by molar-refractivity contribution is -0.914. The van der Waals surface area contributed by atoms with Crippen LogP contribution in [0.3, 0.4) is 0 Å². The van der Waals surface area contributed by atoms with Crippen LogP contribution in [0.4, 0.5) is 11.4 Å².